The smallest absolute Gasteiger partial charge is 0.185 e. The molecule has 1 heterocycles. The third-order valence-electron chi connectivity index (χ3n) is 1.65. The quantitative estimate of drug-likeness (QED) is 0.358. The Morgan fingerprint density at radius 3 is 3.12 bits per heavy atom. The Morgan fingerprint density at radius 1 is 1.62 bits per heavy atom. The van der Waals surface area contributed by atoms with Crippen molar-refractivity contribution in [1.82, 2.24) is 4.98 Å². The number of aromatic nitrogens is 1. The predicted octanol–water partition coefficient (Wildman–Crippen LogP) is 1.39. The van der Waals surface area contributed by atoms with Crippen molar-refractivity contribution in [2.45, 2.75) is 13.3 Å². The van der Waals surface area contributed by atoms with Gasteiger partial charge in [0.2, 0.25) is 0 Å². The molecule has 4 nitrogen and oxygen atoms in total. The van der Waals surface area contributed by atoms with Crippen LogP contribution in [0.1, 0.15) is 19.0 Å². The number of nitrogen functional groups attached to an aromatic ring is 1. The van der Waals surface area contributed by atoms with Gasteiger partial charge in [0, 0.05) is 19.1 Å². The molecule has 0 unspecified atom stereocenters. The van der Waals surface area contributed by atoms with Crippen LogP contribution >= 0.6 is 11.8 Å². The molecule has 0 atom stereocenters. The molecule has 0 spiro atoms. The zero-order valence-corrected chi connectivity index (χ0v) is 9.80. The number of nitrogens with two attached hydrogens (primary N) is 1. The van der Waals surface area contributed by atoms with Crippen LogP contribution in [0.3, 0.4) is 0 Å². The SMILES string of the molecule is CC(=O)SCCC#Cc1cccc(NN)n1. The van der Waals surface area contributed by atoms with E-state index in [0.29, 0.717) is 17.9 Å². The molecular formula is C11H13N3OS. The van der Waals surface area contributed by atoms with Crippen LogP contribution in [0.25, 0.3) is 0 Å². The Morgan fingerprint density at radius 2 is 2.44 bits per heavy atom. The fourth-order valence-corrected chi connectivity index (χ4v) is 1.48. The number of nitrogens with zero attached hydrogens (tertiary/aromatic N) is 1. The Hall–Kier alpha value is -1.51. The van der Waals surface area contributed by atoms with Crippen LogP contribution < -0.4 is 11.3 Å². The number of thioether (sulfide) groups is 1. The summed E-state index contributed by atoms with van der Waals surface area (Å²) in [5.74, 6) is 12.4. The summed E-state index contributed by atoms with van der Waals surface area (Å²) in [7, 11) is 0. The van der Waals surface area contributed by atoms with Gasteiger partial charge in [0.25, 0.3) is 0 Å². The molecule has 0 aliphatic carbocycles. The lowest BCUT2D eigenvalue weighted by Crippen LogP contribution is -2.08. The number of hydrazine groups is 1. The van der Waals surface area contributed by atoms with E-state index in [4.69, 9.17) is 5.84 Å². The lowest BCUT2D eigenvalue weighted by Gasteiger charge is -1.97. The number of nitrogens with one attached hydrogen (secondary N) is 1. The topological polar surface area (TPSA) is 68.0 Å². The maximum absolute atomic E-state index is 10.6. The van der Waals surface area contributed by atoms with Gasteiger partial charge in [0.1, 0.15) is 11.5 Å². The van der Waals surface area contributed by atoms with E-state index < -0.39 is 0 Å². The van der Waals surface area contributed by atoms with Crippen molar-refractivity contribution in [2.75, 3.05) is 11.2 Å². The summed E-state index contributed by atoms with van der Waals surface area (Å²) >= 11 is 1.28. The Balaban J connectivity index is 2.46. The van der Waals surface area contributed by atoms with Crippen molar-refractivity contribution in [1.29, 1.82) is 0 Å². The molecule has 3 N–H and O–H groups in total. The second-order valence-electron chi connectivity index (χ2n) is 2.94. The molecular weight excluding hydrogens is 222 g/mol. The summed E-state index contributed by atoms with van der Waals surface area (Å²) in [5, 5.41) is 0.120. The van der Waals surface area contributed by atoms with Gasteiger partial charge in [0.15, 0.2) is 5.12 Å². The lowest BCUT2D eigenvalue weighted by atomic mass is 10.3. The highest BCUT2D eigenvalue weighted by molar-refractivity contribution is 8.13. The first-order chi connectivity index (χ1) is 7.72. The van der Waals surface area contributed by atoms with Gasteiger partial charge < -0.3 is 5.43 Å². The molecule has 1 aromatic rings. The van der Waals surface area contributed by atoms with E-state index in [-0.39, 0.29) is 5.12 Å². The minimum absolute atomic E-state index is 0.120. The first-order valence-electron chi connectivity index (χ1n) is 4.78. The molecule has 84 valence electrons. The van der Waals surface area contributed by atoms with E-state index in [0.717, 1.165) is 5.75 Å². The molecule has 0 amide bonds. The lowest BCUT2D eigenvalue weighted by molar-refractivity contribution is -0.109. The van der Waals surface area contributed by atoms with Gasteiger partial charge in [-0.25, -0.2) is 10.8 Å². The van der Waals surface area contributed by atoms with Crippen molar-refractivity contribution in [3.63, 3.8) is 0 Å². The highest BCUT2D eigenvalue weighted by Crippen LogP contribution is 2.03. The number of anilines is 1. The van der Waals surface area contributed by atoms with Crippen molar-refractivity contribution in [3.8, 4) is 11.8 Å². The number of hydrogen-bond acceptors (Lipinski definition) is 5. The molecule has 0 bridgehead atoms. The summed E-state index contributed by atoms with van der Waals surface area (Å²) in [4.78, 5) is 14.8. The zero-order valence-electron chi connectivity index (χ0n) is 8.99. The standard InChI is InChI=1S/C11H13N3OS/c1-9(15)16-8-3-2-5-10-6-4-7-11(13-10)14-12/h4,6-7H,3,8,12H2,1H3,(H,13,14). The summed E-state index contributed by atoms with van der Waals surface area (Å²) in [5.41, 5.74) is 3.13. The van der Waals surface area contributed by atoms with Gasteiger partial charge in [-0.1, -0.05) is 23.7 Å². The molecule has 16 heavy (non-hydrogen) atoms. The minimum atomic E-state index is 0.120. The van der Waals surface area contributed by atoms with Crippen LogP contribution in [0.2, 0.25) is 0 Å². The molecule has 0 aliphatic rings. The number of carbonyl (C=O) groups excluding carboxylic acids is 1. The second kappa shape index (κ2) is 6.88. The van der Waals surface area contributed by atoms with E-state index in [9.17, 15) is 4.79 Å². The predicted molar refractivity (Wildman–Crippen MR) is 66.7 cm³/mol. The first-order valence-corrected chi connectivity index (χ1v) is 5.77. The number of rotatable bonds is 3. The minimum Gasteiger partial charge on any atom is -0.308 e. The van der Waals surface area contributed by atoms with Crippen molar-refractivity contribution in [2.24, 2.45) is 5.84 Å². The molecule has 1 rings (SSSR count). The van der Waals surface area contributed by atoms with Gasteiger partial charge >= 0.3 is 0 Å². The van der Waals surface area contributed by atoms with E-state index in [1.165, 1.54) is 11.8 Å². The summed E-state index contributed by atoms with van der Waals surface area (Å²) in [6.07, 6.45) is 0.673. The monoisotopic (exact) mass is 235 g/mol. The second-order valence-corrected chi connectivity index (χ2v) is 4.22. The molecule has 0 aliphatic heterocycles. The van der Waals surface area contributed by atoms with Crippen LogP contribution in [-0.2, 0) is 4.79 Å². The average Bonchev–Trinajstić information content (AvgIpc) is 2.28. The van der Waals surface area contributed by atoms with Gasteiger partial charge in [-0.3, -0.25) is 4.79 Å². The van der Waals surface area contributed by atoms with Crippen molar-refractivity contribution in [3.05, 3.63) is 23.9 Å². The first kappa shape index (κ1) is 12.6. The van der Waals surface area contributed by atoms with Gasteiger partial charge in [0.05, 0.1) is 0 Å². The third kappa shape index (κ3) is 4.82. The van der Waals surface area contributed by atoms with Gasteiger partial charge in [-0.15, -0.1) is 0 Å². The van der Waals surface area contributed by atoms with Gasteiger partial charge in [-0.05, 0) is 18.1 Å². The molecule has 0 fully saturated rings. The van der Waals surface area contributed by atoms with Crippen molar-refractivity contribution >= 4 is 22.7 Å². The van der Waals surface area contributed by atoms with Crippen LogP contribution in [0.15, 0.2) is 18.2 Å². The number of hydrogen-bond donors (Lipinski definition) is 2. The third-order valence-corrected chi connectivity index (χ3v) is 2.46. The van der Waals surface area contributed by atoms with E-state index in [2.05, 4.69) is 22.3 Å². The Labute approximate surface area is 99.0 Å². The largest absolute Gasteiger partial charge is 0.308 e. The van der Waals surface area contributed by atoms with Gasteiger partial charge in [-0.2, -0.15) is 0 Å². The zero-order chi connectivity index (χ0) is 11.8. The number of pyridine rings is 1. The Kier molecular flexibility index (Phi) is 5.40. The van der Waals surface area contributed by atoms with E-state index in [1.54, 1.807) is 13.0 Å². The summed E-state index contributed by atoms with van der Waals surface area (Å²) in [6.45, 7) is 1.55. The fourth-order valence-electron chi connectivity index (χ4n) is 0.984. The van der Waals surface area contributed by atoms with Crippen molar-refractivity contribution < 1.29 is 4.79 Å². The average molecular weight is 235 g/mol. The molecule has 0 saturated carbocycles. The number of carbonyl (C=O) groups is 1. The van der Waals surface area contributed by atoms with E-state index >= 15 is 0 Å². The maximum Gasteiger partial charge on any atom is 0.185 e. The highest BCUT2D eigenvalue weighted by Gasteiger charge is 1.92. The molecule has 1 aromatic heterocycles. The van der Waals surface area contributed by atoms with Crippen LogP contribution in [0.5, 0.6) is 0 Å². The molecule has 5 heteroatoms. The molecule has 0 radical (unpaired) electrons. The maximum atomic E-state index is 10.6. The molecule has 0 saturated heterocycles. The summed E-state index contributed by atoms with van der Waals surface area (Å²) < 4.78 is 0. The van der Waals surface area contributed by atoms with Crippen LogP contribution in [-0.4, -0.2) is 15.9 Å². The van der Waals surface area contributed by atoms with Crippen LogP contribution in [0.4, 0.5) is 5.82 Å². The summed E-state index contributed by atoms with van der Waals surface area (Å²) in [6, 6.07) is 5.40. The highest BCUT2D eigenvalue weighted by atomic mass is 32.2. The van der Waals surface area contributed by atoms with E-state index in [1.807, 2.05) is 12.1 Å². The fraction of sp³-hybridized carbons (Fsp3) is 0.273. The molecule has 0 aromatic carbocycles. The normalized spacial score (nSPS) is 9.12. The van der Waals surface area contributed by atoms with Crippen LogP contribution in [0, 0.1) is 11.8 Å². The Bertz CT molecular complexity index is 423.